The molecule has 0 spiro atoms. The van der Waals surface area contributed by atoms with E-state index in [-0.39, 0.29) is 29.8 Å². The second-order valence-electron chi connectivity index (χ2n) is 9.58. The van der Waals surface area contributed by atoms with E-state index in [2.05, 4.69) is 13.8 Å². The van der Waals surface area contributed by atoms with Crippen LogP contribution in [0.25, 0.3) is 22.3 Å². The van der Waals surface area contributed by atoms with Crippen LogP contribution in [-0.4, -0.2) is 27.1 Å². The van der Waals surface area contributed by atoms with Crippen molar-refractivity contribution in [2.45, 2.75) is 38.9 Å². The summed E-state index contributed by atoms with van der Waals surface area (Å²) in [5, 5.41) is 0.322. The Morgan fingerprint density at radius 2 is 1.70 bits per heavy atom. The van der Waals surface area contributed by atoms with Crippen LogP contribution in [0.1, 0.15) is 31.9 Å². The van der Waals surface area contributed by atoms with Crippen LogP contribution in [-0.2, 0) is 16.8 Å². The van der Waals surface area contributed by atoms with E-state index >= 15 is 0 Å². The molecule has 1 atom stereocenters. The third-order valence-corrected chi connectivity index (χ3v) is 6.93. The van der Waals surface area contributed by atoms with Crippen LogP contribution in [0.3, 0.4) is 0 Å². The zero-order chi connectivity index (χ0) is 26.2. The molecule has 4 aromatic rings. The minimum Gasteiger partial charge on any atom is -0.497 e. The summed E-state index contributed by atoms with van der Waals surface area (Å²) in [5.41, 5.74) is 2.15. The van der Waals surface area contributed by atoms with Gasteiger partial charge in [-0.2, -0.15) is 0 Å². The van der Waals surface area contributed by atoms with Crippen molar-refractivity contribution in [3.05, 3.63) is 82.0 Å². The Hall–Kier alpha value is -3.97. The number of fused-ring (bicyclic) bond motifs is 3. The van der Waals surface area contributed by atoms with Gasteiger partial charge in [-0.15, -0.1) is 0 Å². The van der Waals surface area contributed by atoms with E-state index in [1.54, 1.807) is 25.3 Å². The fourth-order valence-electron chi connectivity index (χ4n) is 4.57. The van der Waals surface area contributed by atoms with E-state index in [1.807, 2.05) is 49.4 Å². The number of ether oxygens (including phenoxy) is 5. The number of methoxy groups -OCH3 is 2. The van der Waals surface area contributed by atoms with Crippen molar-refractivity contribution < 1.29 is 28.1 Å². The standard InChI is InChI=1S/C30H30O7/c1-18-30(2,3)25-23(34-16-19-9-7-6-8-10-19)15-22-24(28(25)36-18)26(31)29(35-17-32-4)27(37-22)20-11-13-21(33-5)14-12-20/h6-15,18H,16-17H2,1-5H3. The summed E-state index contributed by atoms with van der Waals surface area (Å²) in [7, 11) is 3.09. The van der Waals surface area contributed by atoms with Crippen molar-refractivity contribution in [2.24, 2.45) is 0 Å². The summed E-state index contributed by atoms with van der Waals surface area (Å²) < 4.78 is 35.1. The van der Waals surface area contributed by atoms with Gasteiger partial charge in [0.15, 0.2) is 12.6 Å². The second kappa shape index (κ2) is 9.82. The summed E-state index contributed by atoms with van der Waals surface area (Å²) in [6.45, 7) is 6.42. The number of rotatable bonds is 8. The lowest BCUT2D eigenvalue weighted by Gasteiger charge is -2.24. The van der Waals surface area contributed by atoms with E-state index in [0.717, 1.165) is 11.1 Å². The molecule has 0 bridgehead atoms. The highest BCUT2D eigenvalue weighted by Gasteiger charge is 2.44. The maximum absolute atomic E-state index is 13.9. The van der Waals surface area contributed by atoms with Gasteiger partial charge < -0.3 is 28.1 Å². The molecule has 0 N–H and O–H groups in total. The number of hydrogen-bond acceptors (Lipinski definition) is 7. The summed E-state index contributed by atoms with van der Waals surface area (Å²) >= 11 is 0. The molecule has 1 aliphatic rings. The predicted molar refractivity (Wildman–Crippen MR) is 141 cm³/mol. The highest BCUT2D eigenvalue weighted by Crippen LogP contribution is 2.51. The smallest absolute Gasteiger partial charge is 0.239 e. The molecular weight excluding hydrogens is 472 g/mol. The van der Waals surface area contributed by atoms with Gasteiger partial charge in [0.25, 0.3) is 0 Å². The molecule has 0 amide bonds. The van der Waals surface area contributed by atoms with Crippen LogP contribution >= 0.6 is 0 Å². The zero-order valence-electron chi connectivity index (χ0n) is 21.6. The van der Waals surface area contributed by atoms with Gasteiger partial charge in [0.2, 0.25) is 11.2 Å². The third-order valence-electron chi connectivity index (χ3n) is 6.93. The first-order valence-electron chi connectivity index (χ1n) is 12.1. The van der Waals surface area contributed by atoms with Crippen LogP contribution in [0.5, 0.6) is 23.0 Å². The van der Waals surface area contributed by atoms with Crippen molar-refractivity contribution in [3.8, 4) is 34.3 Å². The Morgan fingerprint density at radius 3 is 2.38 bits per heavy atom. The summed E-state index contributed by atoms with van der Waals surface area (Å²) in [4.78, 5) is 13.9. The van der Waals surface area contributed by atoms with Crippen LogP contribution < -0.4 is 24.4 Å². The lowest BCUT2D eigenvalue weighted by atomic mass is 9.80. The highest BCUT2D eigenvalue weighted by atomic mass is 16.7. The van der Waals surface area contributed by atoms with Gasteiger partial charge in [-0.25, -0.2) is 0 Å². The highest BCUT2D eigenvalue weighted by molar-refractivity contribution is 5.91. The normalized spacial score (nSPS) is 15.8. The number of hydrogen-bond donors (Lipinski definition) is 0. The van der Waals surface area contributed by atoms with E-state index in [1.165, 1.54) is 7.11 Å². The molecule has 7 nitrogen and oxygen atoms in total. The molecule has 1 aromatic heterocycles. The van der Waals surface area contributed by atoms with Gasteiger partial charge in [-0.3, -0.25) is 4.79 Å². The van der Waals surface area contributed by atoms with Gasteiger partial charge in [-0.05, 0) is 36.8 Å². The molecule has 3 aromatic carbocycles. The van der Waals surface area contributed by atoms with Crippen molar-refractivity contribution in [2.75, 3.05) is 21.0 Å². The SMILES string of the molecule is COCOc1c(-c2ccc(OC)cc2)oc2cc(OCc3ccccc3)c3c(c2c1=O)OC(C)C3(C)C. The van der Waals surface area contributed by atoms with Crippen LogP contribution in [0.2, 0.25) is 0 Å². The predicted octanol–water partition coefficient (Wildman–Crippen LogP) is 6.09. The third kappa shape index (κ3) is 4.40. The first-order chi connectivity index (χ1) is 17.8. The molecule has 0 fully saturated rings. The van der Waals surface area contributed by atoms with Crippen molar-refractivity contribution in [1.29, 1.82) is 0 Å². The molecule has 1 unspecified atom stereocenters. The Morgan fingerprint density at radius 1 is 0.973 bits per heavy atom. The van der Waals surface area contributed by atoms with E-state index in [9.17, 15) is 4.79 Å². The molecule has 37 heavy (non-hydrogen) atoms. The lowest BCUT2D eigenvalue weighted by molar-refractivity contribution is 0.0497. The molecule has 0 aliphatic carbocycles. The van der Waals surface area contributed by atoms with Gasteiger partial charge in [0, 0.05) is 29.7 Å². The molecule has 0 radical (unpaired) electrons. The molecule has 0 saturated heterocycles. The van der Waals surface area contributed by atoms with Gasteiger partial charge in [-0.1, -0.05) is 44.2 Å². The Labute approximate surface area is 215 Å². The molecule has 0 saturated carbocycles. The molecular formula is C30H30O7. The average molecular weight is 503 g/mol. The van der Waals surface area contributed by atoms with Crippen molar-refractivity contribution in [1.82, 2.24) is 0 Å². The van der Waals surface area contributed by atoms with Crippen LogP contribution in [0.4, 0.5) is 0 Å². The topological polar surface area (TPSA) is 76.4 Å². The van der Waals surface area contributed by atoms with Crippen molar-refractivity contribution in [3.63, 3.8) is 0 Å². The summed E-state index contributed by atoms with van der Waals surface area (Å²) in [6, 6.07) is 18.9. The molecule has 7 heteroatoms. The van der Waals surface area contributed by atoms with Crippen LogP contribution in [0.15, 0.2) is 69.9 Å². The first kappa shape index (κ1) is 24.7. The fourth-order valence-corrected chi connectivity index (χ4v) is 4.57. The maximum Gasteiger partial charge on any atom is 0.239 e. The monoisotopic (exact) mass is 502 g/mol. The van der Waals surface area contributed by atoms with Gasteiger partial charge >= 0.3 is 0 Å². The minimum atomic E-state index is -0.399. The van der Waals surface area contributed by atoms with Crippen molar-refractivity contribution >= 4 is 11.0 Å². The van der Waals surface area contributed by atoms with E-state index < -0.39 is 5.41 Å². The molecule has 5 rings (SSSR count). The fraction of sp³-hybridized carbons (Fsp3) is 0.300. The van der Waals surface area contributed by atoms with Crippen LogP contribution in [0, 0.1) is 0 Å². The summed E-state index contributed by atoms with van der Waals surface area (Å²) in [6.07, 6.45) is -0.184. The molecule has 192 valence electrons. The Bertz CT molecular complexity index is 1470. The average Bonchev–Trinajstić information content (AvgIpc) is 3.15. The lowest BCUT2D eigenvalue weighted by Crippen LogP contribution is -2.29. The number of benzene rings is 3. The van der Waals surface area contributed by atoms with E-state index in [0.29, 0.717) is 40.4 Å². The zero-order valence-corrected chi connectivity index (χ0v) is 21.6. The maximum atomic E-state index is 13.9. The molecule has 1 aliphatic heterocycles. The molecule has 2 heterocycles. The van der Waals surface area contributed by atoms with Gasteiger partial charge in [0.05, 0.1) is 7.11 Å². The minimum absolute atomic E-state index is 0.0561. The van der Waals surface area contributed by atoms with E-state index in [4.69, 9.17) is 28.1 Å². The quantitative estimate of drug-likeness (QED) is 0.270. The summed E-state index contributed by atoms with van der Waals surface area (Å²) in [5.74, 6) is 2.12. The Balaban J connectivity index is 1.73. The largest absolute Gasteiger partial charge is 0.497 e. The first-order valence-corrected chi connectivity index (χ1v) is 12.1. The Kier molecular flexibility index (Phi) is 6.56. The second-order valence-corrected chi connectivity index (χ2v) is 9.58. The van der Waals surface area contributed by atoms with Gasteiger partial charge in [0.1, 0.15) is 40.9 Å².